The fraction of sp³-hybridized carbons (Fsp3) is 0.222. The SMILES string of the molecule is O=C(O)c1ccccc1C(=O)Nc1ccc(CCCO)cc1OC(F)F. The lowest BCUT2D eigenvalue weighted by molar-refractivity contribution is -0.0494. The van der Waals surface area contributed by atoms with Gasteiger partial charge in [0.1, 0.15) is 5.75 Å². The number of aliphatic hydroxyl groups is 1. The lowest BCUT2D eigenvalue weighted by atomic mass is 10.1. The van der Waals surface area contributed by atoms with E-state index in [0.717, 1.165) is 0 Å². The first-order valence-electron chi connectivity index (χ1n) is 7.74. The quantitative estimate of drug-likeness (QED) is 0.668. The van der Waals surface area contributed by atoms with Crippen LogP contribution >= 0.6 is 0 Å². The van der Waals surface area contributed by atoms with Gasteiger partial charge in [0.25, 0.3) is 5.91 Å². The number of benzene rings is 2. The first-order chi connectivity index (χ1) is 12.4. The van der Waals surface area contributed by atoms with E-state index in [0.29, 0.717) is 18.4 Å². The van der Waals surface area contributed by atoms with E-state index in [1.807, 2.05) is 0 Å². The van der Waals surface area contributed by atoms with Crippen molar-refractivity contribution >= 4 is 17.6 Å². The van der Waals surface area contributed by atoms with E-state index in [1.54, 1.807) is 6.07 Å². The number of carbonyl (C=O) groups excluding carboxylic acids is 1. The molecule has 0 radical (unpaired) electrons. The average molecular weight is 365 g/mol. The number of aryl methyl sites for hydroxylation is 1. The summed E-state index contributed by atoms with van der Waals surface area (Å²) in [6, 6.07) is 9.91. The van der Waals surface area contributed by atoms with Crippen molar-refractivity contribution in [3.63, 3.8) is 0 Å². The molecule has 138 valence electrons. The zero-order valence-corrected chi connectivity index (χ0v) is 13.6. The van der Waals surface area contributed by atoms with Gasteiger partial charge < -0.3 is 20.3 Å². The van der Waals surface area contributed by atoms with Gasteiger partial charge in [0.05, 0.1) is 16.8 Å². The van der Waals surface area contributed by atoms with Crippen molar-refractivity contribution in [3.05, 3.63) is 59.2 Å². The van der Waals surface area contributed by atoms with E-state index in [1.165, 1.54) is 36.4 Å². The summed E-state index contributed by atoms with van der Waals surface area (Å²) in [5, 5.41) is 20.4. The van der Waals surface area contributed by atoms with Crippen LogP contribution in [0.5, 0.6) is 5.75 Å². The monoisotopic (exact) mass is 365 g/mol. The Morgan fingerprint density at radius 1 is 1.12 bits per heavy atom. The fourth-order valence-electron chi connectivity index (χ4n) is 2.36. The molecule has 0 aliphatic heterocycles. The number of amides is 1. The summed E-state index contributed by atoms with van der Waals surface area (Å²) < 4.78 is 29.8. The number of carboxylic acids is 1. The summed E-state index contributed by atoms with van der Waals surface area (Å²) in [7, 11) is 0. The van der Waals surface area contributed by atoms with Gasteiger partial charge in [0.2, 0.25) is 0 Å². The number of aromatic carboxylic acids is 1. The van der Waals surface area contributed by atoms with Crippen LogP contribution in [0.25, 0.3) is 0 Å². The first-order valence-corrected chi connectivity index (χ1v) is 7.74. The van der Waals surface area contributed by atoms with Crippen LogP contribution in [0.15, 0.2) is 42.5 Å². The Labute approximate surface area is 148 Å². The number of alkyl halides is 2. The number of ether oxygens (including phenoxy) is 1. The molecule has 2 rings (SSSR count). The van der Waals surface area contributed by atoms with Gasteiger partial charge in [-0.3, -0.25) is 4.79 Å². The van der Waals surface area contributed by atoms with Crippen LogP contribution in [0.1, 0.15) is 32.7 Å². The van der Waals surface area contributed by atoms with Crippen LogP contribution in [0.2, 0.25) is 0 Å². The number of rotatable bonds is 8. The van der Waals surface area contributed by atoms with Gasteiger partial charge in [-0.25, -0.2) is 4.79 Å². The van der Waals surface area contributed by atoms with E-state index >= 15 is 0 Å². The smallest absolute Gasteiger partial charge is 0.387 e. The number of hydrogen-bond donors (Lipinski definition) is 3. The lowest BCUT2D eigenvalue weighted by Gasteiger charge is -2.14. The third-order valence-corrected chi connectivity index (χ3v) is 3.54. The molecule has 2 aromatic rings. The number of nitrogens with one attached hydrogen (secondary N) is 1. The van der Waals surface area contributed by atoms with Gasteiger partial charge in [-0.15, -0.1) is 0 Å². The maximum absolute atomic E-state index is 12.7. The molecule has 1 amide bonds. The summed E-state index contributed by atoms with van der Waals surface area (Å²) in [5.74, 6) is -2.28. The predicted octanol–water partition coefficient (Wildman–Crippen LogP) is 3.16. The van der Waals surface area contributed by atoms with Crippen molar-refractivity contribution < 1.29 is 33.3 Å². The second kappa shape index (κ2) is 8.91. The summed E-state index contributed by atoms with van der Waals surface area (Å²) in [5.41, 5.74) is 0.329. The van der Waals surface area contributed by atoms with Gasteiger partial charge in [-0.05, 0) is 42.7 Å². The van der Waals surface area contributed by atoms with Crippen LogP contribution in [0, 0.1) is 0 Å². The van der Waals surface area contributed by atoms with Crippen molar-refractivity contribution in [2.45, 2.75) is 19.5 Å². The summed E-state index contributed by atoms with van der Waals surface area (Å²) >= 11 is 0. The van der Waals surface area contributed by atoms with Gasteiger partial charge in [0.15, 0.2) is 0 Å². The molecule has 0 fully saturated rings. The molecule has 0 saturated carbocycles. The van der Waals surface area contributed by atoms with Gasteiger partial charge in [-0.2, -0.15) is 8.78 Å². The van der Waals surface area contributed by atoms with Crippen molar-refractivity contribution in [2.75, 3.05) is 11.9 Å². The Morgan fingerprint density at radius 3 is 2.42 bits per heavy atom. The van der Waals surface area contributed by atoms with E-state index in [-0.39, 0.29) is 29.2 Å². The van der Waals surface area contributed by atoms with Crippen LogP contribution in [-0.4, -0.2) is 35.3 Å². The first kappa shape index (κ1) is 19.3. The highest BCUT2D eigenvalue weighted by Gasteiger charge is 2.18. The molecule has 0 unspecified atom stereocenters. The number of carbonyl (C=O) groups is 2. The number of carboxylic acid groups (broad SMARTS) is 1. The maximum atomic E-state index is 12.7. The zero-order valence-electron chi connectivity index (χ0n) is 13.6. The lowest BCUT2D eigenvalue weighted by Crippen LogP contribution is -2.17. The Kier molecular flexibility index (Phi) is 6.62. The molecule has 0 aliphatic carbocycles. The van der Waals surface area contributed by atoms with Gasteiger partial charge in [0, 0.05) is 6.61 Å². The van der Waals surface area contributed by atoms with Crippen LogP contribution in [-0.2, 0) is 6.42 Å². The molecule has 3 N–H and O–H groups in total. The number of halogens is 2. The van der Waals surface area contributed by atoms with E-state index < -0.39 is 18.5 Å². The molecule has 26 heavy (non-hydrogen) atoms. The summed E-state index contributed by atoms with van der Waals surface area (Å²) in [6.45, 7) is -3.14. The molecule has 0 saturated heterocycles. The molecule has 0 bridgehead atoms. The second-order valence-corrected chi connectivity index (χ2v) is 5.34. The van der Waals surface area contributed by atoms with Crippen molar-refractivity contribution in [1.29, 1.82) is 0 Å². The molecule has 0 heterocycles. The number of hydrogen-bond acceptors (Lipinski definition) is 4. The third-order valence-electron chi connectivity index (χ3n) is 3.54. The van der Waals surface area contributed by atoms with Crippen molar-refractivity contribution in [3.8, 4) is 5.75 Å². The van der Waals surface area contributed by atoms with Crippen LogP contribution in [0.3, 0.4) is 0 Å². The fourth-order valence-corrected chi connectivity index (χ4v) is 2.36. The highest BCUT2D eigenvalue weighted by molar-refractivity contribution is 6.11. The number of aliphatic hydroxyl groups excluding tert-OH is 1. The highest BCUT2D eigenvalue weighted by atomic mass is 19.3. The predicted molar refractivity (Wildman–Crippen MR) is 89.8 cm³/mol. The molecule has 6 nitrogen and oxygen atoms in total. The molecule has 8 heteroatoms. The minimum atomic E-state index is -3.09. The third kappa shape index (κ3) is 5.00. The van der Waals surface area contributed by atoms with Crippen molar-refractivity contribution in [1.82, 2.24) is 0 Å². The normalized spacial score (nSPS) is 10.6. The summed E-state index contributed by atoms with van der Waals surface area (Å²) in [4.78, 5) is 23.6. The Morgan fingerprint density at radius 2 is 1.81 bits per heavy atom. The topological polar surface area (TPSA) is 95.9 Å². The second-order valence-electron chi connectivity index (χ2n) is 5.34. The Bertz CT molecular complexity index is 795. The minimum absolute atomic E-state index is 0.0109. The minimum Gasteiger partial charge on any atom is -0.478 e. The largest absolute Gasteiger partial charge is 0.478 e. The van der Waals surface area contributed by atoms with Gasteiger partial charge in [-0.1, -0.05) is 18.2 Å². The molecular formula is C18H17F2NO5. The maximum Gasteiger partial charge on any atom is 0.387 e. The summed E-state index contributed by atoms with van der Waals surface area (Å²) in [6.07, 6.45) is 0.901. The molecular weight excluding hydrogens is 348 g/mol. The molecule has 0 spiro atoms. The Balaban J connectivity index is 2.30. The molecule has 0 atom stereocenters. The van der Waals surface area contributed by atoms with Crippen molar-refractivity contribution in [2.24, 2.45) is 0 Å². The van der Waals surface area contributed by atoms with Crippen LogP contribution < -0.4 is 10.1 Å². The zero-order chi connectivity index (χ0) is 19.1. The van der Waals surface area contributed by atoms with E-state index in [9.17, 15) is 18.4 Å². The van der Waals surface area contributed by atoms with Gasteiger partial charge >= 0.3 is 12.6 Å². The highest BCUT2D eigenvalue weighted by Crippen LogP contribution is 2.29. The van der Waals surface area contributed by atoms with E-state index in [2.05, 4.69) is 10.1 Å². The molecule has 2 aromatic carbocycles. The van der Waals surface area contributed by atoms with Crippen LogP contribution in [0.4, 0.5) is 14.5 Å². The average Bonchev–Trinajstić information content (AvgIpc) is 2.61. The standard InChI is InChI=1S/C18H17F2NO5/c19-18(20)26-15-10-11(4-3-9-22)7-8-14(15)21-16(23)12-5-1-2-6-13(12)17(24)25/h1-2,5-8,10,18,22H,3-4,9H2,(H,21,23)(H,24,25). The molecule has 0 aliphatic rings. The number of anilines is 1. The Hall–Kier alpha value is -3.00. The molecule has 0 aromatic heterocycles. The van der Waals surface area contributed by atoms with E-state index in [4.69, 9.17) is 10.2 Å².